The Morgan fingerprint density at radius 2 is 0.548 bits per heavy atom. The molecule has 0 aromatic heterocycles. The molecular formula is C31H32. The van der Waals surface area contributed by atoms with Crippen LogP contribution in [0.3, 0.4) is 0 Å². The van der Waals surface area contributed by atoms with Crippen LogP contribution in [0.4, 0.5) is 0 Å². The highest BCUT2D eigenvalue weighted by Crippen LogP contribution is 2.39. The Balaban J connectivity index is 1.79. The number of rotatable bonds is 6. The molecule has 0 saturated heterocycles. The minimum Gasteiger partial charge on any atom is -0.0590 e. The average molecular weight is 405 g/mol. The van der Waals surface area contributed by atoms with Gasteiger partial charge in [0.05, 0.1) is 0 Å². The average Bonchev–Trinajstić information content (AvgIpc) is 2.78. The molecule has 31 heavy (non-hydrogen) atoms. The Hall–Kier alpha value is -3.12. The van der Waals surface area contributed by atoms with Crippen LogP contribution in [0.5, 0.6) is 0 Å². The summed E-state index contributed by atoms with van der Waals surface area (Å²) in [5.74, 6) is 0.683. The van der Waals surface area contributed by atoms with E-state index in [1.54, 1.807) is 0 Å². The van der Waals surface area contributed by atoms with E-state index in [2.05, 4.69) is 125 Å². The molecule has 0 heterocycles. The van der Waals surface area contributed by atoms with E-state index < -0.39 is 0 Å². The van der Waals surface area contributed by atoms with Gasteiger partial charge in [0.15, 0.2) is 0 Å². The van der Waals surface area contributed by atoms with E-state index in [4.69, 9.17) is 0 Å². The lowest BCUT2D eigenvalue weighted by molar-refractivity contribution is 0.643. The number of hydrogen-bond acceptors (Lipinski definition) is 0. The predicted molar refractivity (Wildman–Crippen MR) is 133 cm³/mol. The molecule has 0 aliphatic heterocycles. The fraction of sp³-hybridized carbons (Fsp3) is 0.226. The molecule has 0 heteroatoms. The van der Waals surface area contributed by atoms with E-state index >= 15 is 0 Å². The van der Waals surface area contributed by atoms with Crippen molar-refractivity contribution in [2.24, 2.45) is 0 Å². The van der Waals surface area contributed by atoms with Crippen LogP contribution in [-0.2, 0) is 0 Å². The van der Waals surface area contributed by atoms with Crippen LogP contribution in [0.1, 0.15) is 62.8 Å². The van der Waals surface area contributed by atoms with E-state index in [1.165, 1.54) is 44.5 Å². The molecule has 0 fully saturated rings. The first-order valence-corrected chi connectivity index (χ1v) is 11.3. The van der Waals surface area contributed by atoms with Gasteiger partial charge in [-0.3, -0.25) is 0 Å². The molecule has 4 aromatic carbocycles. The highest BCUT2D eigenvalue weighted by atomic mass is 14.3. The van der Waals surface area contributed by atoms with Crippen molar-refractivity contribution in [1.82, 2.24) is 0 Å². The van der Waals surface area contributed by atoms with Crippen molar-refractivity contribution >= 4 is 0 Å². The molecule has 0 nitrogen and oxygen atoms in total. The van der Waals surface area contributed by atoms with E-state index in [0.29, 0.717) is 11.8 Å². The molecule has 156 valence electrons. The van der Waals surface area contributed by atoms with E-state index in [1.807, 2.05) is 0 Å². The predicted octanol–water partition coefficient (Wildman–Crippen LogP) is 8.27. The number of hydrogen-bond donors (Lipinski definition) is 0. The maximum Gasteiger partial charge on any atom is 0.00983 e. The molecule has 4 rings (SSSR count). The maximum atomic E-state index is 2.31. The minimum absolute atomic E-state index is 0.341. The quantitative estimate of drug-likeness (QED) is 0.303. The summed E-state index contributed by atoms with van der Waals surface area (Å²) < 4.78 is 0. The van der Waals surface area contributed by atoms with Gasteiger partial charge >= 0.3 is 0 Å². The van der Waals surface area contributed by atoms with Gasteiger partial charge in [-0.05, 0) is 56.4 Å². The molecule has 0 spiro atoms. The largest absolute Gasteiger partial charge is 0.0590 e. The Morgan fingerprint density at radius 1 is 0.355 bits per heavy atom. The number of aryl methyl sites for hydroxylation is 4. The minimum atomic E-state index is 0.341. The number of benzene rings is 4. The Bertz CT molecular complexity index is 915. The van der Waals surface area contributed by atoms with E-state index in [-0.39, 0.29) is 0 Å². The Kier molecular flexibility index (Phi) is 6.37. The summed E-state index contributed by atoms with van der Waals surface area (Å²) in [6, 6.07) is 36.4. The zero-order chi connectivity index (χ0) is 21.8. The summed E-state index contributed by atoms with van der Waals surface area (Å²) in [6.07, 6.45) is 1.04. The summed E-state index contributed by atoms with van der Waals surface area (Å²) in [7, 11) is 0. The summed E-state index contributed by atoms with van der Waals surface area (Å²) in [5, 5.41) is 0. The molecular weight excluding hydrogens is 372 g/mol. The topological polar surface area (TPSA) is 0 Å². The van der Waals surface area contributed by atoms with Crippen molar-refractivity contribution in [2.75, 3.05) is 0 Å². The summed E-state index contributed by atoms with van der Waals surface area (Å²) in [5.41, 5.74) is 10.8. The fourth-order valence-electron chi connectivity index (χ4n) is 4.36. The van der Waals surface area contributed by atoms with Crippen molar-refractivity contribution in [3.8, 4) is 0 Å². The molecule has 0 aliphatic rings. The van der Waals surface area contributed by atoms with Crippen LogP contribution in [0, 0.1) is 27.7 Å². The lowest BCUT2D eigenvalue weighted by Gasteiger charge is -2.26. The van der Waals surface area contributed by atoms with Gasteiger partial charge in [0.1, 0.15) is 0 Å². The van der Waals surface area contributed by atoms with Crippen LogP contribution >= 0.6 is 0 Å². The maximum absolute atomic E-state index is 2.31. The first kappa shape index (κ1) is 21.1. The Morgan fingerprint density at radius 3 is 0.742 bits per heavy atom. The van der Waals surface area contributed by atoms with Crippen LogP contribution in [0.15, 0.2) is 97.1 Å². The zero-order valence-electron chi connectivity index (χ0n) is 19.1. The molecule has 0 bridgehead atoms. The van der Waals surface area contributed by atoms with E-state index in [9.17, 15) is 0 Å². The van der Waals surface area contributed by atoms with Gasteiger partial charge in [-0.15, -0.1) is 0 Å². The third kappa shape index (κ3) is 5.14. The molecule has 0 amide bonds. The highest BCUT2D eigenvalue weighted by molar-refractivity contribution is 5.40. The van der Waals surface area contributed by atoms with Crippen molar-refractivity contribution < 1.29 is 0 Å². The lowest BCUT2D eigenvalue weighted by atomic mass is 9.78. The second-order valence-corrected chi connectivity index (χ2v) is 8.98. The lowest BCUT2D eigenvalue weighted by Crippen LogP contribution is -2.10. The van der Waals surface area contributed by atoms with Crippen molar-refractivity contribution in [3.05, 3.63) is 142 Å². The molecule has 4 aromatic rings. The zero-order valence-corrected chi connectivity index (χ0v) is 19.1. The van der Waals surface area contributed by atoms with Crippen LogP contribution < -0.4 is 0 Å². The SMILES string of the molecule is Cc1ccc(C(CC(c2ccc(C)cc2)c2ccc(C)cc2)c2ccc(C)cc2)cc1. The van der Waals surface area contributed by atoms with Gasteiger partial charge in [-0.25, -0.2) is 0 Å². The molecule has 0 N–H and O–H groups in total. The standard InChI is InChI=1S/C31H32/c1-22-5-13-26(14-6-22)30(27-15-7-23(2)8-16-27)21-31(28-17-9-24(3)10-18-28)29-19-11-25(4)12-20-29/h5-20,30-31H,21H2,1-4H3. The first-order valence-electron chi connectivity index (χ1n) is 11.3. The molecule has 0 unspecified atom stereocenters. The van der Waals surface area contributed by atoms with Gasteiger partial charge < -0.3 is 0 Å². The third-order valence-corrected chi connectivity index (χ3v) is 6.39. The first-order chi connectivity index (χ1) is 15.0. The second-order valence-electron chi connectivity index (χ2n) is 8.98. The summed E-state index contributed by atoms with van der Waals surface area (Å²) in [6.45, 7) is 8.64. The normalized spacial score (nSPS) is 11.3. The molecule has 0 radical (unpaired) electrons. The second kappa shape index (κ2) is 9.35. The van der Waals surface area contributed by atoms with Crippen LogP contribution in [0.25, 0.3) is 0 Å². The van der Waals surface area contributed by atoms with Gasteiger partial charge in [0.25, 0.3) is 0 Å². The van der Waals surface area contributed by atoms with Gasteiger partial charge in [-0.2, -0.15) is 0 Å². The van der Waals surface area contributed by atoms with Gasteiger partial charge in [0, 0.05) is 11.8 Å². The summed E-state index contributed by atoms with van der Waals surface area (Å²) in [4.78, 5) is 0. The molecule has 0 aliphatic carbocycles. The van der Waals surface area contributed by atoms with Crippen molar-refractivity contribution in [2.45, 2.75) is 46.0 Å². The Labute approximate surface area is 187 Å². The van der Waals surface area contributed by atoms with Gasteiger partial charge in [-0.1, -0.05) is 119 Å². The monoisotopic (exact) mass is 404 g/mol. The smallest absolute Gasteiger partial charge is 0.00983 e. The highest BCUT2D eigenvalue weighted by Gasteiger charge is 2.23. The van der Waals surface area contributed by atoms with Crippen molar-refractivity contribution in [3.63, 3.8) is 0 Å². The van der Waals surface area contributed by atoms with Crippen LogP contribution in [0.2, 0.25) is 0 Å². The summed E-state index contributed by atoms with van der Waals surface area (Å²) >= 11 is 0. The van der Waals surface area contributed by atoms with Crippen molar-refractivity contribution in [1.29, 1.82) is 0 Å². The molecule has 0 atom stereocenters. The van der Waals surface area contributed by atoms with Crippen LogP contribution in [-0.4, -0.2) is 0 Å². The fourth-order valence-corrected chi connectivity index (χ4v) is 4.36. The molecule has 0 saturated carbocycles. The van der Waals surface area contributed by atoms with Gasteiger partial charge in [0.2, 0.25) is 0 Å². The third-order valence-electron chi connectivity index (χ3n) is 6.39. The van der Waals surface area contributed by atoms with E-state index in [0.717, 1.165) is 6.42 Å².